The van der Waals surface area contributed by atoms with Crippen molar-refractivity contribution in [2.24, 2.45) is 17.4 Å². The molecule has 1 aromatic heterocycles. The lowest BCUT2D eigenvalue weighted by molar-refractivity contribution is -0.275. The summed E-state index contributed by atoms with van der Waals surface area (Å²) in [5, 5.41) is 2.58. The number of anilines is 1. The summed E-state index contributed by atoms with van der Waals surface area (Å²) in [4.78, 5) is 47.5. The van der Waals surface area contributed by atoms with Crippen molar-refractivity contribution in [3.63, 3.8) is 0 Å². The van der Waals surface area contributed by atoms with Crippen LogP contribution in [0.5, 0.6) is 5.75 Å². The molecule has 2 saturated carbocycles. The fraction of sp³-hybridized carbons (Fsp3) is 0.613. The van der Waals surface area contributed by atoms with Gasteiger partial charge in [-0.05, 0) is 70.4 Å². The van der Waals surface area contributed by atoms with Crippen LogP contribution in [-0.4, -0.2) is 92.9 Å². The first-order chi connectivity index (χ1) is 21.7. The van der Waals surface area contributed by atoms with Crippen molar-refractivity contribution in [2.75, 3.05) is 38.0 Å². The molecule has 0 radical (unpaired) electrons. The standard InChI is InChI=1S/C31H43F3N8O4.ClH/c1-30(2,36)27(43)39-13-15-40(16-14-39)28(44)37-26-11-12-42(29(45)38-26)24-8-5-21(25(17-24)46-31(32,33)34)19-41(18-20-3-4-20)23-9-6-22(35)7-10-23;/h5,8,11-12,17,20,22-23H,3-4,6-7,9-10,13-16,18-19,35-36H2,1-2H3,(H,37,38,44,45);1H/t22-,23-;. The molecule has 0 bridgehead atoms. The van der Waals surface area contributed by atoms with Crippen LogP contribution in [0.15, 0.2) is 35.3 Å². The molecule has 3 aliphatic rings. The summed E-state index contributed by atoms with van der Waals surface area (Å²) in [6.45, 7) is 5.51. The maximum Gasteiger partial charge on any atom is 0.573 e. The molecular weight excluding hydrogens is 641 g/mol. The highest BCUT2D eigenvalue weighted by Gasteiger charge is 2.35. The molecule has 1 aromatic carbocycles. The summed E-state index contributed by atoms with van der Waals surface area (Å²) in [5.41, 5.74) is 10.7. The van der Waals surface area contributed by atoms with Crippen LogP contribution in [0, 0.1) is 5.92 Å². The number of piperazine rings is 1. The minimum absolute atomic E-state index is 0. The van der Waals surface area contributed by atoms with Crippen LogP contribution >= 0.6 is 12.4 Å². The first-order valence-corrected chi connectivity index (χ1v) is 15.8. The Morgan fingerprint density at radius 3 is 2.23 bits per heavy atom. The number of nitrogens with zero attached hydrogens (tertiary/aromatic N) is 5. The molecule has 2 aliphatic carbocycles. The van der Waals surface area contributed by atoms with E-state index in [0.29, 0.717) is 24.6 Å². The van der Waals surface area contributed by atoms with Crippen LogP contribution in [0.2, 0.25) is 0 Å². The van der Waals surface area contributed by atoms with Gasteiger partial charge in [0.2, 0.25) is 5.91 Å². The summed E-state index contributed by atoms with van der Waals surface area (Å²) in [6.07, 6.45) is 2.20. The number of urea groups is 1. The van der Waals surface area contributed by atoms with Crippen LogP contribution in [0.1, 0.15) is 57.9 Å². The van der Waals surface area contributed by atoms with Gasteiger partial charge in [-0.15, -0.1) is 25.6 Å². The van der Waals surface area contributed by atoms with Crippen molar-refractivity contribution in [1.82, 2.24) is 24.3 Å². The van der Waals surface area contributed by atoms with Gasteiger partial charge in [-0.1, -0.05) is 6.07 Å². The van der Waals surface area contributed by atoms with Crippen LogP contribution in [0.3, 0.4) is 0 Å². The van der Waals surface area contributed by atoms with E-state index in [0.717, 1.165) is 49.6 Å². The van der Waals surface area contributed by atoms with Gasteiger partial charge in [-0.3, -0.25) is 19.6 Å². The molecule has 3 amide bonds. The molecule has 2 aromatic rings. The number of nitrogens with one attached hydrogen (secondary N) is 1. The smallest absolute Gasteiger partial charge is 0.405 e. The van der Waals surface area contributed by atoms with Gasteiger partial charge < -0.3 is 26.0 Å². The molecule has 12 nitrogen and oxygen atoms in total. The van der Waals surface area contributed by atoms with E-state index >= 15 is 0 Å². The lowest BCUT2D eigenvalue weighted by Gasteiger charge is -2.37. The number of nitrogens with two attached hydrogens (primary N) is 2. The zero-order valence-corrected chi connectivity index (χ0v) is 27.5. The van der Waals surface area contributed by atoms with Gasteiger partial charge in [0.25, 0.3) is 0 Å². The number of carbonyl (C=O) groups excluding carboxylic acids is 2. The number of carbonyl (C=O) groups is 2. The average molecular weight is 685 g/mol. The minimum atomic E-state index is -4.93. The Kier molecular flexibility index (Phi) is 11.5. The van der Waals surface area contributed by atoms with Crippen molar-refractivity contribution < 1.29 is 27.5 Å². The molecular formula is C31H44ClF3N8O4. The average Bonchev–Trinajstić information content (AvgIpc) is 3.81. The van der Waals surface area contributed by atoms with Gasteiger partial charge in [0.05, 0.1) is 11.2 Å². The minimum Gasteiger partial charge on any atom is -0.405 e. The molecule has 3 fully saturated rings. The number of hydrogen-bond acceptors (Lipinski definition) is 8. The van der Waals surface area contributed by atoms with Crippen LogP contribution < -0.4 is 27.2 Å². The first kappa shape index (κ1) is 36.4. The Hall–Kier alpha value is -3.40. The lowest BCUT2D eigenvalue weighted by Crippen LogP contribution is -2.58. The predicted octanol–water partition coefficient (Wildman–Crippen LogP) is 3.45. The van der Waals surface area contributed by atoms with Crippen LogP contribution in [0.25, 0.3) is 5.69 Å². The lowest BCUT2D eigenvalue weighted by atomic mass is 9.90. The number of benzene rings is 1. The Labute approximate surface area is 278 Å². The van der Waals surface area contributed by atoms with Crippen molar-refractivity contribution in [3.8, 4) is 11.4 Å². The van der Waals surface area contributed by atoms with E-state index in [1.54, 1.807) is 30.9 Å². The molecule has 260 valence electrons. The quantitative estimate of drug-likeness (QED) is 0.363. The second kappa shape index (κ2) is 14.8. The zero-order valence-electron chi connectivity index (χ0n) is 26.7. The Balaban J connectivity index is 0.00000500. The largest absolute Gasteiger partial charge is 0.573 e. The number of alkyl halides is 3. The van der Waals surface area contributed by atoms with Crippen molar-refractivity contribution in [3.05, 3.63) is 46.5 Å². The van der Waals surface area contributed by atoms with Crippen molar-refractivity contribution in [1.29, 1.82) is 0 Å². The molecule has 1 aliphatic heterocycles. The van der Waals surface area contributed by atoms with Gasteiger partial charge in [0.15, 0.2) is 0 Å². The van der Waals surface area contributed by atoms with E-state index in [4.69, 9.17) is 11.5 Å². The normalized spacial score (nSPS) is 20.5. The molecule has 1 saturated heterocycles. The summed E-state index contributed by atoms with van der Waals surface area (Å²) < 4.78 is 46.2. The molecule has 47 heavy (non-hydrogen) atoms. The predicted molar refractivity (Wildman–Crippen MR) is 173 cm³/mol. The first-order valence-electron chi connectivity index (χ1n) is 15.8. The van der Waals surface area contributed by atoms with Crippen molar-refractivity contribution >= 4 is 30.2 Å². The fourth-order valence-corrected chi connectivity index (χ4v) is 6.08. The zero-order chi connectivity index (χ0) is 33.2. The van der Waals surface area contributed by atoms with Gasteiger partial charge in [0.1, 0.15) is 11.6 Å². The Morgan fingerprint density at radius 2 is 1.66 bits per heavy atom. The van der Waals surface area contributed by atoms with E-state index < -0.39 is 23.6 Å². The number of amides is 3. The van der Waals surface area contributed by atoms with E-state index in [9.17, 15) is 27.6 Å². The summed E-state index contributed by atoms with van der Waals surface area (Å²) in [7, 11) is 0. The molecule has 2 heterocycles. The fourth-order valence-electron chi connectivity index (χ4n) is 6.08. The third kappa shape index (κ3) is 9.81. The Bertz CT molecular complexity index is 1460. The van der Waals surface area contributed by atoms with Crippen LogP contribution in [-0.2, 0) is 11.3 Å². The topological polar surface area (TPSA) is 152 Å². The van der Waals surface area contributed by atoms with E-state index in [2.05, 4.69) is 19.9 Å². The highest BCUT2D eigenvalue weighted by atomic mass is 35.5. The maximum absolute atomic E-state index is 13.5. The van der Waals surface area contributed by atoms with Gasteiger partial charge in [0, 0.05) is 69.2 Å². The van der Waals surface area contributed by atoms with E-state index in [1.165, 1.54) is 23.2 Å². The molecule has 16 heteroatoms. The Morgan fingerprint density at radius 1 is 1.02 bits per heavy atom. The highest BCUT2D eigenvalue weighted by molar-refractivity contribution is 5.89. The summed E-state index contributed by atoms with van der Waals surface area (Å²) >= 11 is 0. The third-order valence-electron chi connectivity index (χ3n) is 8.82. The molecule has 0 atom stereocenters. The molecule has 5 rings (SSSR count). The number of ether oxygens (including phenoxy) is 1. The highest BCUT2D eigenvalue weighted by Crippen LogP contribution is 2.35. The third-order valence-corrected chi connectivity index (χ3v) is 8.82. The summed E-state index contributed by atoms with van der Waals surface area (Å²) in [5.74, 6) is -0.0556. The van der Waals surface area contributed by atoms with Crippen molar-refractivity contribution in [2.45, 2.75) is 82.9 Å². The van der Waals surface area contributed by atoms with E-state index in [-0.39, 0.29) is 67.3 Å². The van der Waals surface area contributed by atoms with Gasteiger partial charge >= 0.3 is 18.1 Å². The van der Waals surface area contributed by atoms with Gasteiger partial charge in [-0.2, -0.15) is 4.98 Å². The number of aromatic nitrogens is 2. The summed E-state index contributed by atoms with van der Waals surface area (Å²) in [6, 6.07) is 5.60. The van der Waals surface area contributed by atoms with E-state index in [1.807, 2.05) is 0 Å². The monoisotopic (exact) mass is 684 g/mol. The van der Waals surface area contributed by atoms with Crippen LogP contribution in [0.4, 0.5) is 23.8 Å². The SMILES string of the molecule is CC(C)(N)C(=O)N1CCN(C(=O)Nc2ccn(-c3ccc(CN(CC4CC4)[C@H]4CC[C@H](N)CC4)c(OC(F)(F)F)c3)c(=O)n2)CC1.Cl. The second-order valence-electron chi connectivity index (χ2n) is 13.2. The second-order valence-corrected chi connectivity index (χ2v) is 13.2. The molecule has 0 spiro atoms. The number of hydrogen-bond donors (Lipinski definition) is 3. The molecule has 0 unspecified atom stereocenters. The molecule has 5 N–H and O–H groups in total. The van der Waals surface area contributed by atoms with Gasteiger partial charge in [-0.25, -0.2) is 9.59 Å². The number of halogens is 4. The number of rotatable bonds is 9. The maximum atomic E-state index is 13.5.